The summed E-state index contributed by atoms with van der Waals surface area (Å²) < 4.78 is 31.0. The zero-order valence-electron chi connectivity index (χ0n) is 14.5. The zero-order valence-corrected chi connectivity index (χ0v) is 15.3. The minimum Gasteiger partial charge on any atom is -0.399 e. The number of rotatable bonds is 5. The molecule has 0 heterocycles. The molecule has 0 saturated carbocycles. The molecule has 0 fully saturated rings. The van der Waals surface area contributed by atoms with E-state index in [2.05, 4.69) is 20.5 Å². The number of hydrogen-bond donors (Lipinski definition) is 3. The maximum atomic E-state index is 11.0. The van der Waals surface area contributed by atoms with Gasteiger partial charge in [-0.25, -0.2) is 0 Å². The van der Waals surface area contributed by atoms with Gasteiger partial charge in [0, 0.05) is 5.69 Å². The lowest BCUT2D eigenvalue weighted by Gasteiger charge is -2.00. The van der Waals surface area contributed by atoms with Crippen molar-refractivity contribution in [2.24, 2.45) is 20.5 Å². The standard InChI is InChI=1S/C18H16N6O3S/c19-12-1-10-18(17(20)11-12)24-23-14-4-2-13(3-5-14)21-22-15-6-8-16(9-7-15)28(25,26)27/h1-11H,19-20H2,(H,25,26,27). The molecule has 3 aromatic carbocycles. The van der Waals surface area contributed by atoms with Crippen molar-refractivity contribution in [2.75, 3.05) is 11.5 Å². The zero-order chi connectivity index (χ0) is 20.1. The predicted molar refractivity (Wildman–Crippen MR) is 106 cm³/mol. The lowest BCUT2D eigenvalue weighted by Crippen LogP contribution is -1.96. The quantitative estimate of drug-likeness (QED) is 0.317. The van der Waals surface area contributed by atoms with Crippen molar-refractivity contribution in [3.05, 3.63) is 66.7 Å². The van der Waals surface area contributed by atoms with E-state index in [-0.39, 0.29) is 4.90 Å². The lowest BCUT2D eigenvalue weighted by molar-refractivity contribution is 0.483. The van der Waals surface area contributed by atoms with Crippen molar-refractivity contribution in [3.63, 3.8) is 0 Å². The molecule has 28 heavy (non-hydrogen) atoms. The average Bonchev–Trinajstić information content (AvgIpc) is 2.66. The van der Waals surface area contributed by atoms with Gasteiger partial charge in [0.15, 0.2) is 0 Å². The van der Waals surface area contributed by atoms with Crippen LogP contribution < -0.4 is 11.5 Å². The Morgan fingerprint density at radius 3 is 1.61 bits per heavy atom. The molecule has 10 heteroatoms. The van der Waals surface area contributed by atoms with Gasteiger partial charge in [0.2, 0.25) is 0 Å². The van der Waals surface area contributed by atoms with Gasteiger partial charge in [-0.2, -0.15) is 23.8 Å². The van der Waals surface area contributed by atoms with Crippen molar-refractivity contribution in [1.82, 2.24) is 0 Å². The van der Waals surface area contributed by atoms with Crippen molar-refractivity contribution in [3.8, 4) is 0 Å². The third kappa shape index (κ3) is 4.96. The summed E-state index contributed by atoms with van der Waals surface area (Å²) in [5.74, 6) is 0. The third-order valence-corrected chi connectivity index (χ3v) is 4.46. The van der Waals surface area contributed by atoms with Gasteiger partial charge in [-0.15, -0.1) is 5.11 Å². The van der Waals surface area contributed by atoms with Crippen LogP contribution in [0.2, 0.25) is 0 Å². The highest BCUT2D eigenvalue weighted by Gasteiger charge is 2.08. The molecule has 0 amide bonds. The molecule has 0 aliphatic heterocycles. The monoisotopic (exact) mass is 396 g/mol. The predicted octanol–water partition coefficient (Wildman–Crippen LogP) is 4.93. The average molecular weight is 396 g/mol. The van der Waals surface area contributed by atoms with Crippen LogP contribution in [0.25, 0.3) is 0 Å². The van der Waals surface area contributed by atoms with Gasteiger partial charge >= 0.3 is 0 Å². The van der Waals surface area contributed by atoms with Crippen LogP contribution in [0.5, 0.6) is 0 Å². The lowest BCUT2D eigenvalue weighted by atomic mass is 10.2. The SMILES string of the molecule is Nc1ccc(N=Nc2ccc(N=Nc3ccc(S(=O)(=O)O)cc3)cc2)c(N)c1. The van der Waals surface area contributed by atoms with Crippen LogP contribution in [0, 0.1) is 0 Å². The van der Waals surface area contributed by atoms with Gasteiger partial charge in [-0.05, 0) is 66.7 Å². The Hall–Kier alpha value is -3.63. The number of benzene rings is 3. The summed E-state index contributed by atoms with van der Waals surface area (Å²) in [7, 11) is -4.23. The third-order valence-electron chi connectivity index (χ3n) is 3.59. The van der Waals surface area contributed by atoms with E-state index in [1.807, 2.05) is 0 Å². The Balaban J connectivity index is 1.68. The summed E-state index contributed by atoms with van der Waals surface area (Å²) in [4.78, 5) is -0.206. The maximum absolute atomic E-state index is 11.0. The van der Waals surface area contributed by atoms with E-state index < -0.39 is 10.1 Å². The fourth-order valence-electron chi connectivity index (χ4n) is 2.16. The van der Waals surface area contributed by atoms with E-state index in [0.717, 1.165) is 0 Å². The molecular weight excluding hydrogens is 380 g/mol. The molecule has 0 aliphatic rings. The first kappa shape index (κ1) is 19.1. The summed E-state index contributed by atoms with van der Waals surface area (Å²) >= 11 is 0. The molecule has 5 N–H and O–H groups in total. The van der Waals surface area contributed by atoms with Crippen LogP contribution in [-0.2, 0) is 10.1 Å². The largest absolute Gasteiger partial charge is 0.399 e. The van der Waals surface area contributed by atoms with Gasteiger partial charge in [-0.3, -0.25) is 4.55 Å². The van der Waals surface area contributed by atoms with Crippen molar-refractivity contribution >= 4 is 44.2 Å². The Labute approximate surface area is 161 Å². The number of hydrogen-bond acceptors (Lipinski definition) is 8. The number of nitrogens with zero attached hydrogens (tertiary/aromatic N) is 4. The van der Waals surface area contributed by atoms with Crippen molar-refractivity contribution in [1.29, 1.82) is 0 Å². The van der Waals surface area contributed by atoms with Gasteiger partial charge in [0.05, 0.1) is 27.6 Å². The number of nitrogens with two attached hydrogens (primary N) is 2. The highest BCUT2D eigenvalue weighted by atomic mass is 32.2. The van der Waals surface area contributed by atoms with Crippen LogP contribution in [0.4, 0.5) is 34.1 Å². The van der Waals surface area contributed by atoms with Crippen LogP contribution in [0.1, 0.15) is 0 Å². The first-order chi connectivity index (χ1) is 13.3. The Kier molecular flexibility index (Phi) is 5.43. The van der Waals surface area contributed by atoms with E-state index in [4.69, 9.17) is 16.0 Å². The number of anilines is 2. The van der Waals surface area contributed by atoms with E-state index in [0.29, 0.717) is 34.1 Å². The first-order valence-corrected chi connectivity index (χ1v) is 9.41. The smallest absolute Gasteiger partial charge is 0.294 e. The molecule has 0 bridgehead atoms. The van der Waals surface area contributed by atoms with Gasteiger partial charge < -0.3 is 11.5 Å². The molecule has 0 spiro atoms. The highest BCUT2D eigenvalue weighted by Crippen LogP contribution is 2.27. The highest BCUT2D eigenvalue weighted by molar-refractivity contribution is 7.85. The molecule has 0 radical (unpaired) electrons. The summed E-state index contributed by atoms with van der Waals surface area (Å²) in [6.07, 6.45) is 0. The normalized spacial score (nSPS) is 12.0. The number of nitrogen functional groups attached to an aromatic ring is 2. The molecule has 9 nitrogen and oxygen atoms in total. The second-order valence-electron chi connectivity index (χ2n) is 5.70. The molecule has 142 valence electrons. The number of azo groups is 2. The molecule has 0 aliphatic carbocycles. The van der Waals surface area contributed by atoms with Crippen LogP contribution >= 0.6 is 0 Å². The van der Waals surface area contributed by atoms with Crippen molar-refractivity contribution < 1.29 is 13.0 Å². The van der Waals surface area contributed by atoms with Crippen molar-refractivity contribution in [2.45, 2.75) is 4.90 Å². The molecule has 3 rings (SSSR count). The topological polar surface area (TPSA) is 156 Å². The molecule has 0 saturated heterocycles. The minimum atomic E-state index is -4.23. The van der Waals surface area contributed by atoms with Crippen LogP contribution in [-0.4, -0.2) is 13.0 Å². The first-order valence-electron chi connectivity index (χ1n) is 7.97. The summed E-state index contributed by atoms with van der Waals surface area (Å²) in [6, 6.07) is 17.2. The second-order valence-corrected chi connectivity index (χ2v) is 7.13. The fraction of sp³-hybridized carbons (Fsp3) is 0. The van der Waals surface area contributed by atoms with E-state index in [1.165, 1.54) is 24.3 Å². The van der Waals surface area contributed by atoms with Gasteiger partial charge in [-0.1, -0.05) is 0 Å². The van der Waals surface area contributed by atoms with Gasteiger partial charge in [0.25, 0.3) is 10.1 Å². The van der Waals surface area contributed by atoms with Crippen LogP contribution in [0.3, 0.4) is 0 Å². The molecular formula is C18H16N6O3S. The summed E-state index contributed by atoms with van der Waals surface area (Å²) in [5.41, 5.74) is 14.6. The van der Waals surface area contributed by atoms with Gasteiger partial charge in [0.1, 0.15) is 5.69 Å². The van der Waals surface area contributed by atoms with E-state index in [9.17, 15) is 8.42 Å². The maximum Gasteiger partial charge on any atom is 0.294 e. The molecule has 0 unspecified atom stereocenters. The van der Waals surface area contributed by atoms with E-state index >= 15 is 0 Å². The Morgan fingerprint density at radius 1 is 0.679 bits per heavy atom. The van der Waals surface area contributed by atoms with Crippen LogP contribution in [0.15, 0.2) is 92.1 Å². The summed E-state index contributed by atoms with van der Waals surface area (Å²) in [5, 5.41) is 16.3. The van der Waals surface area contributed by atoms with E-state index in [1.54, 1.807) is 42.5 Å². The Morgan fingerprint density at radius 2 is 1.14 bits per heavy atom. The minimum absolute atomic E-state index is 0.206. The molecule has 0 aromatic heterocycles. The fourth-order valence-corrected chi connectivity index (χ4v) is 2.64. The summed E-state index contributed by atoms with van der Waals surface area (Å²) in [6.45, 7) is 0. The molecule has 3 aromatic rings. The molecule has 0 atom stereocenters. The second kappa shape index (κ2) is 7.94. The Bertz CT molecular complexity index is 1140.